The molecule has 0 aliphatic rings. The molecule has 138 valence electrons. The summed E-state index contributed by atoms with van der Waals surface area (Å²) in [5.74, 6) is 0.827. The molecule has 1 aromatic heterocycles. The van der Waals surface area contributed by atoms with E-state index in [0.29, 0.717) is 0 Å². The summed E-state index contributed by atoms with van der Waals surface area (Å²) in [5.41, 5.74) is 2.58. The lowest BCUT2D eigenvalue weighted by Gasteiger charge is -2.14. The van der Waals surface area contributed by atoms with Gasteiger partial charge in [-0.05, 0) is 37.7 Å². The maximum absolute atomic E-state index is 4.27. The van der Waals surface area contributed by atoms with Crippen molar-refractivity contribution >= 4 is 29.9 Å². The summed E-state index contributed by atoms with van der Waals surface area (Å²) in [4.78, 5) is 6.45. The van der Waals surface area contributed by atoms with Crippen LogP contribution in [-0.4, -0.2) is 48.3 Å². The molecule has 0 atom stereocenters. The minimum Gasteiger partial charge on any atom is -0.356 e. The van der Waals surface area contributed by atoms with Gasteiger partial charge in [-0.2, -0.15) is 5.10 Å². The summed E-state index contributed by atoms with van der Waals surface area (Å²) in [6.45, 7) is 3.48. The van der Waals surface area contributed by atoms with Crippen molar-refractivity contribution in [3.63, 3.8) is 0 Å². The van der Waals surface area contributed by atoms with Crippen molar-refractivity contribution in [1.29, 1.82) is 0 Å². The number of guanidine groups is 1. The summed E-state index contributed by atoms with van der Waals surface area (Å²) >= 11 is 0. The second-order valence-corrected chi connectivity index (χ2v) is 6.03. The number of rotatable bonds is 8. The number of benzene rings is 1. The van der Waals surface area contributed by atoms with Gasteiger partial charge in [0.05, 0.1) is 0 Å². The van der Waals surface area contributed by atoms with Crippen LogP contribution in [0.5, 0.6) is 0 Å². The lowest BCUT2D eigenvalue weighted by molar-refractivity contribution is 0.402. The van der Waals surface area contributed by atoms with Gasteiger partial charge < -0.3 is 15.5 Å². The second-order valence-electron chi connectivity index (χ2n) is 6.03. The Kier molecular flexibility index (Phi) is 10.2. The van der Waals surface area contributed by atoms with Crippen molar-refractivity contribution in [3.8, 4) is 0 Å². The van der Waals surface area contributed by atoms with Crippen molar-refractivity contribution in [2.24, 2.45) is 4.99 Å². The lowest BCUT2D eigenvalue weighted by atomic mass is 10.1. The normalized spacial score (nSPS) is 11.3. The molecule has 0 radical (unpaired) electrons. The molecule has 0 saturated carbocycles. The topological polar surface area (TPSA) is 57.5 Å². The van der Waals surface area contributed by atoms with E-state index in [9.17, 15) is 0 Å². The van der Waals surface area contributed by atoms with E-state index in [2.05, 4.69) is 64.0 Å². The van der Waals surface area contributed by atoms with E-state index in [0.717, 1.165) is 38.6 Å². The molecule has 1 aromatic carbocycles. The zero-order valence-corrected chi connectivity index (χ0v) is 17.6. The van der Waals surface area contributed by atoms with Crippen molar-refractivity contribution in [2.45, 2.75) is 26.1 Å². The number of nitrogens with one attached hydrogen (secondary N) is 2. The third kappa shape index (κ3) is 8.35. The molecule has 0 spiro atoms. The molecule has 2 N–H and O–H groups in total. The van der Waals surface area contributed by atoms with E-state index in [1.54, 1.807) is 13.2 Å². The Bertz CT molecular complexity index is 624. The van der Waals surface area contributed by atoms with E-state index in [1.165, 1.54) is 11.1 Å². The van der Waals surface area contributed by atoms with Crippen LogP contribution in [0.15, 0.2) is 47.7 Å². The van der Waals surface area contributed by atoms with Gasteiger partial charge in [-0.1, -0.05) is 24.3 Å². The molecule has 0 bridgehead atoms. The first-order chi connectivity index (χ1) is 11.7. The molecule has 6 nitrogen and oxygen atoms in total. The number of aryl methyl sites for hydroxylation is 1. The van der Waals surface area contributed by atoms with Crippen LogP contribution in [0.2, 0.25) is 0 Å². The van der Waals surface area contributed by atoms with Gasteiger partial charge in [0.25, 0.3) is 0 Å². The number of aliphatic imine (C=N–C) groups is 1. The first-order valence-electron chi connectivity index (χ1n) is 8.32. The molecule has 0 fully saturated rings. The standard InChI is InChI=1S/C18H28N6.HI/c1-19-18(20-9-5-11-24-12-6-10-22-24)21-14-16-7-4-8-17(13-16)15-23(2)3;/h4,6-8,10,12-13H,5,9,11,14-15H2,1-3H3,(H2,19,20,21);1H. The van der Waals surface area contributed by atoms with Crippen molar-refractivity contribution in [1.82, 2.24) is 25.3 Å². The zero-order chi connectivity index (χ0) is 17.2. The third-order valence-corrected chi connectivity index (χ3v) is 3.59. The minimum atomic E-state index is 0. The lowest BCUT2D eigenvalue weighted by Crippen LogP contribution is -2.37. The highest BCUT2D eigenvalue weighted by Gasteiger charge is 2.01. The predicted octanol–water partition coefficient (Wildman–Crippen LogP) is 2.32. The first-order valence-corrected chi connectivity index (χ1v) is 8.32. The Balaban J connectivity index is 0.00000312. The Labute approximate surface area is 167 Å². The van der Waals surface area contributed by atoms with E-state index in [-0.39, 0.29) is 24.0 Å². The number of nitrogens with zero attached hydrogens (tertiary/aromatic N) is 4. The van der Waals surface area contributed by atoms with Crippen LogP contribution in [0.1, 0.15) is 17.5 Å². The average molecular weight is 456 g/mol. The molecule has 0 saturated heterocycles. The molecular formula is C18H29IN6. The quantitative estimate of drug-likeness (QED) is 0.277. The van der Waals surface area contributed by atoms with Gasteiger partial charge in [0.2, 0.25) is 0 Å². The SMILES string of the molecule is CN=C(NCCCn1cccn1)NCc1cccc(CN(C)C)c1.I. The van der Waals surface area contributed by atoms with E-state index >= 15 is 0 Å². The highest BCUT2D eigenvalue weighted by molar-refractivity contribution is 14.0. The van der Waals surface area contributed by atoms with Crippen LogP contribution in [-0.2, 0) is 19.6 Å². The van der Waals surface area contributed by atoms with E-state index in [1.807, 2.05) is 16.9 Å². The van der Waals surface area contributed by atoms with Crippen LogP contribution in [0.25, 0.3) is 0 Å². The Morgan fingerprint density at radius 1 is 1.20 bits per heavy atom. The fraction of sp³-hybridized carbons (Fsp3) is 0.444. The van der Waals surface area contributed by atoms with Gasteiger partial charge in [-0.3, -0.25) is 9.67 Å². The van der Waals surface area contributed by atoms with Crippen molar-refractivity contribution in [3.05, 3.63) is 53.9 Å². The number of hydrogen-bond donors (Lipinski definition) is 2. The molecule has 0 aliphatic heterocycles. The fourth-order valence-electron chi connectivity index (χ4n) is 2.49. The molecule has 0 amide bonds. The van der Waals surface area contributed by atoms with Gasteiger partial charge in [0.15, 0.2) is 5.96 Å². The summed E-state index contributed by atoms with van der Waals surface area (Å²) in [5, 5.41) is 10.9. The maximum atomic E-state index is 4.27. The molecule has 0 unspecified atom stereocenters. The van der Waals surface area contributed by atoms with Gasteiger partial charge in [0, 0.05) is 45.6 Å². The molecule has 2 aromatic rings. The number of aromatic nitrogens is 2. The fourth-order valence-corrected chi connectivity index (χ4v) is 2.49. The van der Waals surface area contributed by atoms with Crippen molar-refractivity contribution < 1.29 is 0 Å². The molecule has 7 heteroatoms. The molecule has 2 rings (SSSR count). The molecular weight excluding hydrogens is 427 g/mol. The summed E-state index contributed by atoms with van der Waals surface area (Å²) in [7, 11) is 5.96. The highest BCUT2D eigenvalue weighted by Crippen LogP contribution is 2.06. The van der Waals surface area contributed by atoms with E-state index < -0.39 is 0 Å². The third-order valence-electron chi connectivity index (χ3n) is 3.59. The molecule has 1 heterocycles. The summed E-state index contributed by atoms with van der Waals surface area (Å²) in [6, 6.07) is 10.6. The van der Waals surface area contributed by atoms with Crippen LogP contribution in [0, 0.1) is 0 Å². The highest BCUT2D eigenvalue weighted by atomic mass is 127. The number of hydrogen-bond acceptors (Lipinski definition) is 3. The van der Waals surface area contributed by atoms with Crippen LogP contribution in [0.3, 0.4) is 0 Å². The number of halogens is 1. The Morgan fingerprint density at radius 3 is 2.68 bits per heavy atom. The average Bonchev–Trinajstić information content (AvgIpc) is 3.07. The summed E-state index contributed by atoms with van der Waals surface area (Å²) in [6.07, 6.45) is 4.78. The van der Waals surface area contributed by atoms with Gasteiger partial charge in [-0.15, -0.1) is 24.0 Å². The van der Waals surface area contributed by atoms with E-state index in [4.69, 9.17) is 0 Å². The van der Waals surface area contributed by atoms with Crippen LogP contribution >= 0.6 is 24.0 Å². The Morgan fingerprint density at radius 2 is 2.00 bits per heavy atom. The monoisotopic (exact) mass is 456 g/mol. The maximum Gasteiger partial charge on any atom is 0.191 e. The van der Waals surface area contributed by atoms with Gasteiger partial charge in [-0.25, -0.2) is 0 Å². The van der Waals surface area contributed by atoms with Crippen LogP contribution in [0.4, 0.5) is 0 Å². The zero-order valence-electron chi connectivity index (χ0n) is 15.3. The second kappa shape index (κ2) is 11.9. The minimum absolute atomic E-state index is 0. The molecule has 25 heavy (non-hydrogen) atoms. The van der Waals surface area contributed by atoms with Crippen molar-refractivity contribution in [2.75, 3.05) is 27.7 Å². The van der Waals surface area contributed by atoms with Gasteiger partial charge in [0.1, 0.15) is 0 Å². The van der Waals surface area contributed by atoms with Gasteiger partial charge >= 0.3 is 0 Å². The predicted molar refractivity (Wildman–Crippen MR) is 114 cm³/mol. The van der Waals surface area contributed by atoms with Crippen LogP contribution < -0.4 is 10.6 Å². The smallest absolute Gasteiger partial charge is 0.191 e. The Hall–Kier alpha value is -1.61. The largest absolute Gasteiger partial charge is 0.356 e. The first kappa shape index (κ1) is 21.4. The summed E-state index contributed by atoms with van der Waals surface area (Å²) < 4.78 is 1.94. The molecule has 0 aliphatic carbocycles.